The molecule has 9 aromatic rings. The third-order valence-electron chi connectivity index (χ3n) is 13.8. The van der Waals surface area contributed by atoms with Crippen LogP contribution in [-0.4, -0.2) is 0 Å². The van der Waals surface area contributed by atoms with E-state index in [1.54, 1.807) is 0 Å². The normalized spacial score (nSPS) is 14.8. The van der Waals surface area contributed by atoms with E-state index in [9.17, 15) is 0 Å². The maximum Gasteiger partial charge on any atom is 0.152 e. The van der Waals surface area contributed by atoms with E-state index >= 15 is 0 Å². The first-order chi connectivity index (χ1) is 31.3. The third kappa shape index (κ3) is 5.83. The van der Waals surface area contributed by atoms with Crippen molar-refractivity contribution in [3.63, 3.8) is 0 Å². The summed E-state index contributed by atoms with van der Waals surface area (Å²) in [6.07, 6.45) is 0. The molecule has 0 unspecified atom stereocenters. The number of benzene rings is 9. The Morgan fingerprint density at radius 1 is 0.281 bits per heavy atom. The molecule has 3 heterocycles. The third-order valence-corrected chi connectivity index (χ3v) is 13.8. The monoisotopic (exact) mass is 825 g/mol. The maximum atomic E-state index is 7.05. The molecule has 0 saturated carbocycles. The lowest BCUT2D eigenvalue weighted by Gasteiger charge is -2.42. The quantitative estimate of drug-likeness (QED) is 0.172. The van der Waals surface area contributed by atoms with Gasteiger partial charge in [-0.3, -0.25) is 0 Å². The molecule has 0 atom stereocenters. The Morgan fingerprint density at radius 3 is 0.969 bits per heavy atom. The van der Waals surface area contributed by atoms with Crippen LogP contribution in [0.15, 0.2) is 212 Å². The number of anilines is 9. The van der Waals surface area contributed by atoms with Crippen LogP contribution in [0.5, 0.6) is 11.5 Å². The maximum absolute atomic E-state index is 7.05. The summed E-state index contributed by atoms with van der Waals surface area (Å²) in [5, 5.41) is 0. The van der Waals surface area contributed by atoms with E-state index < -0.39 is 0 Å². The first-order valence-electron chi connectivity index (χ1n) is 22.3. The number of ether oxygens (including phenoxy) is 1. The number of fused-ring (bicyclic) bond motifs is 6. The predicted molar refractivity (Wildman–Crippen MR) is 266 cm³/mol. The molecule has 4 nitrogen and oxygen atoms in total. The molecule has 0 fully saturated rings. The molecule has 0 aliphatic carbocycles. The molecule has 0 bridgehead atoms. The topological polar surface area (TPSA) is 19.0 Å². The molecule has 0 N–H and O–H groups in total. The van der Waals surface area contributed by atoms with Gasteiger partial charge >= 0.3 is 0 Å². The van der Waals surface area contributed by atoms with Gasteiger partial charge in [0, 0.05) is 27.9 Å². The summed E-state index contributed by atoms with van der Waals surface area (Å²) in [4.78, 5) is 7.14. The minimum absolute atomic E-state index is 0.216. The average molecular weight is 826 g/mol. The van der Waals surface area contributed by atoms with Crippen LogP contribution in [-0.2, 0) is 10.8 Å². The summed E-state index contributed by atoms with van der Waals surface area (Å²) in [6, 6.07) is 76.9. The molecular weight excluding hydrogens is 779 g/mol. The standard InChI is InChI=1S/C60H47N3O/c1-59(2)47-24-14-16-26-51(47)61(44-18-8-5-9-19-44)53-32-28-40(36-49(53)59)42-30-34-55-57(38-42)64-58-39-43(31-35-56(58)63(55)46-22-12-7-13-23-46)41-29-33-54-50(37-41)60(3,4)48-25-15-17-27-52(48)62(54)45-20-10-6-11-21-45/h5-39H,1-4H3. The summed E-state index contributed by atoms with van der Waals surface area (Å²) in [6.45, 7) is 9.39. The van der Waals surface area contributed by atoms with Crippen LogP contribution in [0.1, 0.15) is 49.9 Å². The van der Waals surface area contributed by atoms with Crippen molar-refractivity contribution in [1.29, 1.82) is 0 Å². The van der Waals surface area contributed by atoms with E-state index in [-0.39, 0.29) is 10.8 Å². The first-order valence-corrected chi connectivity index (χ1v) is 22.3. The van der Waals surface area contributed by atoms with Gasteiger partial charge in [0.25, 0.3) is 0 Å². The summed E-state index contributed by atoms with van der Waals surface area (Å²) in [5.41, 5.74) is 19.5. The predicted octanol–water partition coefficient (Wildman–Crippen LogP) is 16.8. The van der Waals surface area contributed by atoms with Crippen molar-refractivity contribution in [2.24, 2.45) is 0 Å². The van der Waals surface area contributed by atoms with Gasteiger partial charge in [0.2, 0.25) is 0 Å². The second-order valence-electron chi connectivity index (χ2n) is 18.2. The first kappa shape index (κ1) is 37.9. The summed E-state index contributed by atoms with van der Waals surface area (Å²) >= 11 is 0. The lowest BCUT2D eigenvalue weighted by molar-refractivity contribution is 0.477. The van der Waals surface area contributed by atoms with Crippen LogP contribution < -0.4 is 19.4 Å². The van der Waals surface area contributed by atoms with Crippen molar-refractivity contribution in [3.8, 4) is 33.8 Å². The van der Waals surface area contributed by atoms with Gasteiger partial charge < -0.3 is 19.4 Å². The number of para-hydroxylation sites is 5. The van der Waals surface area contributed by atoms with Crippen LogP contribution in [0.3, 0.4) is 0 Å². The summed E-state index contributed by atoms with van der Waals surface area (Å²) in [7, 11) is 0. The Hall–Kier alpha value is -7.82. The van der Waals surface area contributed by atoms with E-state index in [2.05, 4.69) is 255 Å². The van der Waals surface area contributed by atoms with Gasteiger partial charge in [0.05, 0.1) is 34.1 Å². The van der Waals surface area contributed by atoms with Gasteiger partial charge in [0.15, 0.2) is 11.5 Å². The molecule has 0 amide bonds. The minimum Gasteiger partial charge on any atom is -0.453 e. The van der Waals surface area contributed by atoms with E-state index in [0.717, 1.165) is 62.2 Å². The molecule has 12 rings (SSSR count). The highest BCUT2D eigenvalue weighted by Gasteiger charge is 2.39. The fourth-order valence-corrected chi connectivity index (χ4v) is 10.5. The van der Waals surface area contributed by atoms with Gasteiger partial charge in [-0.05, 0) is 142 Å². The van der Waals surface area contributed by atoms with Crippen LogP contribution in [0.2, 0.25) is 0 Å². The lowest BCUT2D eigenvalue weighted by atomic mass is 9.73. The molecule has 308 valence electrons. The van der Waals surface area contributed by atoms with Crippen LogP contribution in [0.4, 0.5) is 51.2 Å². The molecule has 64 heavy (non-hydrogen) atoms. The molecule has 4 heteroatoms. The zero-order chi connectivity index (χ0) is 43.2. The zero-order valence-corrected chi connectivity index (χ0v) is 36.5. The van der Waals surface area contributed by atoms with Crippen LogP contribution >= 0.6 is 0 Å². The van der Waals surface area contributed by atoms with Crippen LogP contribution in [0, 0.1) is 0 Å². The number of hydrogen-bond acceptors (Lipinski definition) is 4. The van der Waals surface area contributed by atoms with Gasteiger partial charge in [-0.1, -0.05) is 143 Å². The van der Waals surface area contributed by atoms with Crippen molar-refractivity contribution >= 4 is 51.2 Å². The number of nitrogens with zero attached hydrogens (tertiary/aromatic N) is 3. The van der Waals surface area contributed by atoms with Crippen molar-refractivity contribution < 1.29 is 4.74 Å². The van der Waals surface area contributed by atoms with E-state index in [0.29, 0.717) is 0 Å². The Labute approximate surface area is 375 Å². The van der Waals surface area contributed by atoms with Crippen LogP contribution in [0.25, 0.3) is 22.3 Å². The molecule has 0 spiro atoms. The largest absolute Gasteiger partial charge is 0.453 e. The number of rotatable bonds is 5. The van der Waals surface area contributed by atoms with E-state index in [1.807, 2.05) is 0 Å². The Balaban J connectivity index is 0.954. The highest BCUT2D eigenvalue weighted by atomic mass is 16.5. The lowest BCUT2D eigenvalue weighted by Crippen LogP contribution is -2.30. The Bertz CT molecular complexity index is 3060. The SMILES string of the molecule is CC1(C)c2ccccc2N(c2ccccc2)c2ccc(-c3ccc4c(c3)Oc3cc(-c5ccc6c(c5)C(C)(C)c5ccccc5N6c5ccccc5)ccc3N4c3ccccc3)cc21. The van der Waals surface area contributed by atoms with Crippen molar-refractivity contribution in [2.75, 3.05) is 14.7 Å². The number of hydrogen-bond donors (Lipinski definition) is 0. The summed E-state index contributed by atoms with van der Waals surface area (Å²) in [5.74, 6) is 1.64. The average Bonchev–Trinajstić information content (AvgIpc) is 3.34. The van der Waals surface area contributed by atoms with Crippen molar-refractivity contribution in [1.82, 2.24) is 0 Å². The molecule has 9 aromatic carbocycles. The minimum atomic E-state index is -0.216. The van der Waals surface area contributed by atoms with Crippen molar-refractivity contribution in [3.05, 3.63) is 235 Å². The second-order valence-corrected chi connectivity index (χ2v) is 18.2. The smallest absolute Gasteiger partial charge is 0.152 e. The Kier molecular flexibility index (Phi) is 8.51. The Morgan fingerprint density at radius 2 is 0.578 bits per heavy atom. The molecule has 0 aromatic heterocycles. The van der Waals surface area contributed by atoms with E-state index in [1.165, 1.54) is 45.0 Å². The van der Waals surface area contributed by atoms with Gasteiger partial charge in [0.1, 0.15) is 0 Å². The highest BCUT2D eigenvalue weighted by Crippen LogP contribution is 2.56. The summed E-state index contributed by atoms with van der Waals surface area (Å²) < 4.78 is 7.05. The van der Waals surface area contributed by atoms with E-state index in [4.69, 9.17) is 4.74 Å². The zero-order valence-electron chi connectivity index (χ0n) is 36.5. The van der Waals surface area contributed by atoms with Crippen molar-refractivity contribution in [2.45, 2.75) is 38.5 Å². The fraction of sp³-hybridized carbons (Fsp3) is 0.100. The second kappa shape index (κ2) is 14.4. The molecule has 0 radical (unpaired) electrons. The molecular formula is C60H47N3O. The molecule has 0 saturated heterocycles. The van der Waals surface area contributed by atoms with Gasteiger partial charge in [-0.2, -0.15) is 0 Å². The van der Waals surface area contributed by atoms with Gasteiger partial charge in [-0.25, -0.2) is 0 Å². The molecule has 3 aliphatic rings. The highest BCUT2D eigenvalue weighted by molar-refractivity contribution is 5.92. The molecule has 3 aliphatic heterocycles. The fourth-order valence-electron chi connectivity index (χ4n) is 10.5. The van der Waals surface area contributed by atoms with Gasteiger partial charge in [-0.15, -0.1) is 0 Å².